The van der Waals surface area contributed by atoms with Crippen LogP contribution >= 0.6 is 12.2 Å². The molecule has 1 unspecified atom stereocenters. The largest absolute Gasteiger partial charge is 0.443 e. The van der Waals surface area contributed by atoms with Crippen LogP contribution in [-0.4, -0.2) is 57.4 Å². The van der Waals surface area contributed by atoms with Gasteiger partial charge in [-0.2, -0.15) is 0 Å². The van der Waals surface area contributed by atoms with Gasteiger partial charge in [-0.1, -0.05) is 57.7 Å². The van der Waals surface area contributed by atoms with Crippen molar-refractivity contribution < 1.29 is 19.1 Å². The van der Waals surface area contributed by atoms with Gasteiger partial charge in [-0.25, -0.2) is 20.0 Å². The number of thiocarbonyl (C=S) groups is 1. The number of unbranched alkanes of at least 4 members (excludes halogenated alkanes) is 5. The number of likely N-dealkylation sites (tertiary alicyclic amines) is 1. The number of carbonyl (C=O) groups excluding carboxylic acids is 2. The number of carbonyl (C=O) groups is 2. The van der Waals surface area contributed by atoms with E-state index in [1.807, 2.05) is 0 Å². The predicted molar refractivity (Wildman–Crippen MR) is 133 cm³/mol. The molecule has 32 heavy (non-hydrogen) atoms. The topological polar surface area (TPSA) is 71.1 Å². The first kappa shape index (κ1) is 28.5. The van der Waals surface area contributed by atoms with Crippen LogP contribution in [0.5, 0.6) is 0 Å². The van der Waals surface area contributed by atoms with Crippen molar-refractivity contribution in [1.29, 1.82) is 0 Å². The molecule has 1 rings (SSSR count). The van der Waals surface area contributed by atoms with Gasteiger partial charge in [0.05, 0.1) is 0 Å². The second-order valence-corrected chi connectivity index (χ2v) is 11.0. The third kappa shape index (κ3) is 11.3. The molecule has 0 aromatic heterocycles. The summed E-state index contributed by atoms with van der Waals surface area (Å²) >= 11 is 5.84. The van der Waals surface area contributed by atoms with E-state index >= 15 is 0 Å². The van der Waals surface area contributed by atoms with Crippen LogP contribution in [0.25, 0.3) is 0 Å². The van der Waals surface area contributed by atoms with Crippen LogP contribution in [0.4, 0.5) is 9.59 Å². The average Bonchev–Trinajstić information content (AvgIpc) is 3.17. The van der Waals surface area contributed by atoms with E-state index in [0.29, 0.717) is 11.4 Å². The van der Waals surface area contributed by atoms with Crippen LogP contribution < -0.4 is 5.43 Å². The quantitative estimate of drug-likeness (QED) is 0.245. The van der Waals surface area contributed by atoms with Crippen LogP contribution in [0.2, 0.25) is 0 Å². The van der Waals surface area contributed by atoms with Gasteiger partial charge in [0.1, 0.15) is 22.2 Å². The fraction of sp³-hybridized carbons (Fsp3) is 0.875. The highest BCUT2D eigenvalue weighted by Crippen LogP contribution is 2.21. The van der Waals surface area contributed by atoms with Gasteiger partial charge in [0.25, 0.3) is 0 Å². The normalized spacial score (nSPS) is 15.3. The Balaban J connectivity index is 3.04. The first-order valence-corrected chi connectivity index (χ1v) is 12.6. The lowest BCUT2D eigenvalue weighted by atomic mass is 10.0. The predicted octanol–water partition coefficient (Wildman–Crippen LogP) is 6.21. The molecule has 0 aliphatic carbocycles. The summed E-state index contributed by atoms with van der Waals surface area (Å²) in [6, 6.07) is -0.461. The Bertz CT molecular complexity index is 607. The first-order chi connectivity index (χ1) is 14.8. The van der Waals surface area contributed by atoms with E-state index in [2.05, 4.69) is 17.2 Å². The van der Waals surface area contributed by atoms with Gasteiger partial charge in [-0.15, -0.1) is 0 Å². The molecule has 1 fully saturated rings. The Morgan fingerprint density at radius 2 is 1.47 bits per heavy atom. The van der Waals surface area contributed by atoms with Crippen molar-refractivity contribution in [3.8, 4) is 0 Å². The summed E-state index contributed by atoms with van der Waals surface area (Å²) < 4.78 is 11.0. The molecular weight excluding hydrogens is 426 g/mol. The van der Waals surface area contributed by atoms with Crippen molar-refractivity contribution in [3.05, 3.63) is 0 Å². The molecule has 0 aromatic carbocycles. The Morgan fingerprint density at radius 1 is 0.938 bits per heavy atom. The first-order valence-electron chi connectivity index (χ1n) is 12.1. The summed E-state index contributed by atoms with van der Waals surface area (Å²) in [6.45, 7) is 14.7. The molecule has 1 N–H and O–H groups in total. The molecule has 7 nitrogen and oxygen atoms in total. The average molecular weight is 472 g/mol. The van der Waals surface area contributed by atoms with E-state index in [1.165, 1.54) is 24.3 Å². The zero-order valence-electron chi connectivity index (χ0n) is 21.3. The SMILES string of the molecule is CCCCCCCCC(C(=S)N1CCCC1)N(NC(=O)OC(C)(C)C)C(=O)OC(C)(C)C. The van der Waals surface area contributed by atoms with Crippen LogP contribution in [0.1, 0.15) is 106 Å². The van der Waals surface area contributed by atoms with Crippen molar-refractivity contribution in [2.75, 3.05) is 13.1 Å². The van der Waals surface area contributed by atoms with E-state index in [9.17, 15) is 9.59 Å². The van der Waals surface area contributed by atoms with Gasteiger partial charge in [0, 0.05) is 13.1 Å². The van der Waals surface area contributed by atoms with E-state index in [1.54, 1.807) is 41.5 Å². The number of rotatable bonds is 9. The molecule has 1 aliphatic heterocycles. The summed E-state index contributed by atoms with van der Waals surface area (Å²) in [5.74, 6) is 0. The van der Waals surface area contributed by atoms with Crippen molar-refractivity contribution in [2.45, 2.75) is 123 Å². The highest BCUT2D eigenvalue weighted by Gasteiger charge is 2.35. The lowest BCUT2D eigenvalue weighted by molar-refractivity contribution is -0.00465. The van der Waals surface area contributed by atoms with E-state index in [-0.39, 0.29) is 0 Å². The fourth-order valence-corrected chi connectivity index (χ4v) is 4.00. The van der Waals surface area contributed by atoms with Crippen LogP contribution in [-0.2, 0) is 9.47 Å². The maximum atomic E-state index is 13.2. The van der Waals surface area contributed by atoms with Crippen molar-refractivity contribution >= 4 is 29.4 Å². The smallest absolute Gasteiger partial charge is 0.429 e. The Morgan fingerprint density at radius 3 is 2.00 bits per heavy atom. The van der Waals surface area contributed by atoms with E-state index < -0.39 is 29.4 Å². The molecular formula is C24H45N3O4S. The van der Waals surface area contributed by atoms with Crippen molar-refractivity contribution in [3.63, 3.8) is 0 Å². The number of hydrogen-bond acceptors (Lipinski definition) is 5. The molecule has 0 radical (unpaired) electrons. The summed E-state index contributed by atoms with van der Waals surface area (Å²) in [7, 11) is 0. The molecule has 0 bridgehead atoms. The Kier molecular flexibility index (Phi) is 11.8. The van der Waals surface area contributed by atoms with Crippen LogP contribution in [0, 0.1) is 0 Å². The maximum Gasteiger partial charge on any atom is 0.429 e. The third-order valence-electron chi connectivity index (χ3n) is 5.05. The monoisotopic (exact) mass is 471 g/mol. The molecule has 186 valence electrons. The molecule has 1 atom stereocenters. The standard InChI is InChI=1S/C24H45N3O4S/c1-8-9-10-11-12-13-16-19(20(32)26-17-14-15-18-26)27(22(29)31-24(5,6)7)25-21(28)30-23(2,3)4/h19H,8-18H2,1-7H3,(H,25,28). The molecule has 2 amide bonds. The van der Waals surface area contributed by atoms with Gasteiger partial charge in [-0.05, 0) is 60.8 Å². The van der Waals surface area contributed by atoms with E-state index in [4.69, 9.17) is 21.7 Å². The summed E-state index contributed by atoms with van der Waals surface area (Å²) in [6.07, 6.45) is 8.29. The minimum atomic E-state index is -0.703. The third-order valence-corrected chi connectivity index (χ3v) is 5.58. The minimum Gasteiger partial charge on any atom is -0.443 e. The maximum absolute atomic E-state index is 13.2. The van der Waals surface area contributed by atoms with Gasteiger partial charge in [0.2, 0.25) is 0 Å². The number of amides is 2. The molecule has 1 aliphatic rings. The lowest BCUT2D eigenvalue weighted by Crippen LogP contribution is -2.58. The van der Waals surface area contributed by atoms with Gasteiger partial charge in [-0.3, -0.25) is 0 Å². The highest BCUT2D eigenvalue weighted by atomic mass is 32.1. The van der Waals surface area contributed by atoms with Crippen LogP contribution in [0.15, 0.2) is 0 Å². The minimum absolute atomic E-state index is 0.461. The molecule has 0 saturated carbocycles. The van der Waals surface area contributed by atoms with Crippen molar-refractivity contribution in [1.82, 2.24) is 15.3 Å². The van der Waals surface area contributed by atoms with Gasteiger partial charge < -0.3 is 14.4 Å². The number of ether oxygens (including phenoxy) is 2. The zero-order valence-corrected chi connectivity index (χ0v) is 22.1. The zero-order chi connectivity index (χ0) is 24.4. The van der Waals surface area contributed by atoms with Gasteiger partial charge in [0.15, 0.2) is 0 Å². The molecule has 0 aromatic rings. The number of hydrazine groups is 1. The molecule has 1 heterocycles. The Labute approximate surface area is 200 Å². The summed E-state index contributed by atoms with van der Waals surface area (Å²) in [5, 5.41) is 1.26. The molecule has 0 spiro atoms. The number of nitrogens with zero attached hydrogens (tertiary/aromatic N) is 2. The summed E-state index contributed by atoms with van der Waals surface area (Å²) in [5.41, 5.74) is 1.26. The van der Waals surface area contributed by atoms with Crippen LogP contribution in [0.3, 0.4) is 0 Å². The van der Waals surface area contributed by atoms with Crippen molar-refractivity contribution in [2.24, 2.45) is 0 Å². The fourth-order valence-electron chi connectivity index (χ4n) is 3.59. The Hall–Kier alpha value is -1.57. The summed E-state index contributed by atoms with van der Waals surface area (Å²) in [4.78, 5) is 28.6. The molecule has 1 saturated heterocycles. The second-order valence-electron chi connectivity index (χ2n) is 10.6. The van der Waals surface area contributed by atoms with Gasteiger partial charge >= 0.3 is 12.2 Å². The number of hydrogen-bond donors (Lipinski definition) is 1. The lowest BCUT2D eigenvalue weighted by Gasteiger charge is -2.36. The van der Waals surface area contributed by atoms with E-state index in [0.717, 1.165) is 45.2 Å². The highest BCUT2D eigenvalue weighted by molar-refractivity contribution is 7.80. The second kappa shape index (κ2) is 13.2. The number of nitrogens with one attached hydrogen (secondary N) is 1. The molecule has 8 heteroatoms.